The Morgan fingerprint density at radius 1 is 1.26 bits per heavy atom. The number of carbonyl (C=O) groups excluding carboxylic acids is 1. The maximum Gasteiger partial charge on any atom is 0.410 e. The smallest absolute Gasteiger partial charge is 0.410 e. The number of fused-ring (bicyclic) bond motifs is 1. The molecule has 0 aliphatic heterocycles. The third-order valence-electron chi connectivity index (χ3n) is 4.04. The van der Waals surface area contributed by atoms with Crippen molar-refractivity contribution in [3.05, 3.63) is 41.8 Å². The Balaban J connectivity index is 2.02. The summed E-state index contributed by atoms with van der Waals surface area (Å²) in [6.45, 7) is 3.81. The fourth-order valence-corrected chi connectivity index (χ4v) is 3.60. The van der Waals surface area contributed by atoms with Crippen molar-refractivity contribution in [1.82, 2.24) is 15.0 Å². The number of nitrogen functional groups attached to an aromatic ring is 1. The van der Waals surface area contributed by atoms with Gasteiger partial charge in [-0.05, 0) is 37.6 Å². The third kappa shape index (κ3) is 2.97. The second-order valence-corrected chi connectivity index (χ2v) is 6.83. The van der Waals surface area contributed by atoms with E-state index in [0.29, 0.717) is 33.2 Å². The first-order valence-electron chi connectivity index (χ1n) is 8.00. The van der Waals surface area contributed by atoms with Gasteiger partial charge in [0.25, 0.3) is 0 Å². The van der Waals surface area contributed by atoms with Crippen molar-refractivity contribution in [2.75, 3.05) is 5.73 Å². The number of furan rings is 1. The number of thiophene rings is 1. The van der Waals surface area contributed by atoms with E-state index >= 15 is 0 Å². The van der Waals surface area contributed by atoms with E-state index in [9.17, 15) is 4.79 Å². The molecular formula is C18H15N5O3S. The minimum Gasteiger partial charge on any atom is -0.459 e. The van der Waals surface area contributed by atoms with Gasteiger partial charge in [-0.15, -0.1) is 0 Å². The summed E-state index contributed by atoms with van der Waals surface area (Å²) >= 11 is 1.11. The second-order valence-electron chi connectivity index (χ2n) is 5.87. The molecule has 0 aromatic carbocycles. The zero-order valence-corrected chi connectivity index (χ0v) is 15.3. The van der Waals surface area contributed by atoms with Gasteiger partial charge in [0.05, 0.1) is 11.1 Å². The van der Waals surface area contributed by atoms with E-state index in [2.05, 4.69) is 15.0 Å². The Morgan fingerprint density at radius 3 is 2.70 bits per heavy atom. The van der Waals surface area contributed by atoms with Crippen LogP contribution in [-0.2, 0) is 0 Å². The number of amides is 1. The number of primary amides is 1. The highest BCUT2D eigenvalue weighted by Crippen LogP contribution is 2.44. The van der Waals surface area contributed by atoms with E-state index in [-0.39, 0.29) is 10.8 Å². The first-order chi connectivity index (χ1) is 12.9. The molecule has 0 radical (unpaired) electrons. The number of nitrogens with two attached hydrogens (primary N) is 2. The lowest BCUT2D eigenvalue weighted by Crippen LogP contribution is -2.16. The molecule has 0 saturated heterocycles. The summed E-state index contributed by atoms with van der Waals surface area (Å²) in [5, 5.41) is 0.718. The predicted molar refractivity (Wildman–Crippen MR) is 102 cm³/mol. The molecule has 4 N–H and O–H groups in total. The summed E-state index contributed by atoms with van der Waals surface area (Å²) < 4.78 is 10.9. The molecule has 0 aliphatic rings. The number of hydrogen-bond acceptors (Lipinski definition) is 8. The zero-order chi connectivity index (χ0) is 19.1. The Bertz CT molecular complexity index is 1150. The normalized spacial score (nSPS) is 11.0. The Hall–Kier alpha value is -3.46. The number of ether oxygens (including phenoxy) is 1. The minimum atomic E-state index is -0.947. The van der Waals surface area contributed by atoms with Gasteiger partial charge >= 0.3 is 6.09 Å². The van der Waals surface area contributed by atoms with Crippen LogP contribution in [0.3, 0.4) is 0 Å². The van der Waals surface area contributed by atoms with Gasteiger partial charge < -0.3 is 20.6 Å². The largest absolute Gasteiger partial charge is 0.459 e. The molecule has 4 heterocycles. The van der Waals surface area contributed by atoms with Crippen LogP contribution in [0.4, 0.5) is 10.5 Å². The molecular weight excluding hydrogens is 366 g/mol. The van der Waals surface area contributed by atoms with Gasteiger partial charge in [0, 0.05) is 6.20 Å². The summed E-state index contributed by atoms with van der Waals surface area (Å²) in [5.74, 6) is 1.74. The van der Waals surface area contributed by atoms with Crippen molar-refractivity contribution >= 4 is 33.3 Å². The van der Waals surface area contributed by atoms with Crippen LogP contribution < -0.4 is 16.2 Å². The molecule has 0 saturated carbocycles. The third-order valence-corrected chi connectivity index (χ3v) is 5.02. The van der Waals surface area contributed by atoms with E-state index in [0.717, 1.165) is 22.7 Å². The number of nitrogens with zero attached hydrogens (tertiary/aromatic N) is 3. The van der Waals surface area contributed by atoms with E-state index in [4.69, 9.17) is 20.6 Å². The number of aryl methyl sites for hydroxylation is 2. The SMILES string of the molecule is Cc1cc(-c2nc(-c3ccccn3)nc3sc(OC(N)=O)c(N)c23)oc1C. The molecule has 27 heavy (non-hydrogen) atoms. The van der Waals surface area contributed by atoms with Crippen LogP contribution in [0, 0.1) is 13.8 Å². The van der Waals surface area contributed by atoms with Crippen molar-refractivity contribution in [1.29, 1.82) is 0 Å². The molecule has 0 spiro atoms. The number of pyridine rings is 1. The Kier molecular flexibility index (Phi) is 4.00. The van der Waals surface area contributed by atoms with Crippen LogP contribution >= 0.6 is 11.3 Å². The topological polar surface area (TPSA) is 130 Å². The standard InChI is InChI=1S/C18H15N5O3S/c1-8-7-11(25-9(8)2)14-12-13(19)17(26-18(20)24)27-16(12)23-15(22-14)10-5-3-4-6-21-10/h3-7H,19H2,1-2H3,(H2,20,24). The lowest BCUT2D eigenvalue weighted by Gasteiger charge is -2.05. The zero-order valence-electron chi connectivity index (χ0n) is 14.5. The average molecular weight is 381 g/mol. The lowest BCUT2D eigenvalue weighted by atomic mass is 10.2. The van der Waals surface area contributed by atoms with Gasteiger partial charge in [0.2, 0.25) is 5.06 Å². The van der Waals surface area contributed by atoms with E-state index in [1.165, 1.54) is 0 Å². The first-order valence-corrected chi connectivity index (χ1v) is 8.81. The predicted octanol–water partition coefficient (Wildman–Crippen LogP) is 3.67. The summed E-state index contributed by atoms with van der Waals surface area (Å²) in [7, 11) is 0. The van der Waals surface area contributed by atoms with Gasteiger partial charge in [-0.1, -0.05) is 17.4 Å². The van der Waals surface area contributed by atoms with E-state index < -0.39 is 6.09 Å². The molecule has 0 fully saturated rings. The van der Waals surface area contributed by atoms with Crippen LogP contribution in [0.2, 0.25) is 0 Å². The van der Waals surface area contributed by atoms with Gasteiger partial charge in [-0.2, -0.15) is 0 Å². The van der Waals surface area contributed by atoms with Gasteiger partial charge in [-0.3, -0.25) is 4.98 Å². The molecule has 9 heteroatoms. The van der Waals surface area contributed by atoms with Crippen LogP contribution in [0.25, 0.3) is 33.2 Å². The highest BCUT2D eigenvalue weighted by molar-refractivity contribution is 7.21. The molecule has 136 valence electrons. The highest BCUT2D eigenvalue weighted by Gasteiger charge is 2.23. The summed E-state index contributed by atoms with van der Waals surface area (Å²) in [6.07, 6.45) is 0.714. The average Bonchev–Trinajstić information content (AvgIpc) is 3.14. The summed E-state index contributed by atoms with van der Waals surface area (Å²) in [4.78, 5) is 25.2. The van der Waals surface area contributed by atoms with Gasteiger partial charge in [0.1, 0.15) is 22.0 Å². The van der Waals surface area contributed by atoms with Crippen molar-refractivity contribution in [2.24, 2.45) is 5.73 Å². The molecule has 0 aliphatic carbocycles. The van der Waals surface area contributed by atoms with Gasteiger partial charge in [0.15, 0.2) is 11.6 Å². The summed E-state index contributed by atoms with van der Waals surface area (Å²) in [5.41, 5.74) is 13.7. The number of carbonyl (C=O) groups is 1. The quantitative estimate of drug-likeness (QED) is 0.553. The van der Waals surface area contributed by atoms with Crippen LogP contribution in [0.15, 0.2) is 34.9 Å². The van der Waals surface area contributed by atoms with E-state index in [1.54, 1.807) is 12.3 Å². The first kappa shape index (κ1) is 17.0. The highest BCUT2D eigenvalue weighted by atomic mass is 32.1. The monoisotopic (exact) mass is 381 g/mol. The molecule has 1 amide bonds. The molecule has 4 aromatic rings. The van der Waals surface area contributed by atoms with E-state index in [1.807, 2.05) is 32.0 Å². The number of hydrogen-bond donors (Lipinski definition) is 2. The fourth-order valence-electron chi connectivity index (χ4n) is 2.65. The maximum absolute atomic E-state index is 11.2. The summed E-state index contributed by atoms with van der Waals surface area (Å²) in [6, 6.07) is 7.34. The maximum atomic E-state index is 11.2. The molecule has 0 unspecified atom stereocenters. The Labute approximate surface area is 157 Å². The van der Waals surface area contributed by atoms with Crippen LogP contribution in [-0.4, -0.2) is 21.0 Å². The number of anilines is 1. The van der Waals surface area contributed by atoms with Gasteiger partial charge in [-0.25, -0.2) is 14.8 Å². The second kappa shape index (κ2) is 6.36. The molecule has 0 atom stereocenters. The molecule has 4 rings (SSSR count). The van der Waals surface area contributed by atoms with Crippen LogP contribution in [0.5, 0.6) is 5.06 Å². The fraction of sp³-hybridized carbons (Fsp3) is 0.111. The lowest BCUT2D eigenvalue weighted by molar-refractivity contribution is 0.212. The Morgan fingerprint density at radius 2 is 2.07 bits per heavy atom. The van der Waals surface area contributed by atoms with Crippen molar-refractivity contribution in [2.45, 2.75) is 13.8 Å². The van der Waals surface area contributed by atoms with Crippen molar-refractivity contribution in [3.8, 4) is 28.0 Å². The number of aromatic nitrogens is 3. The van der Waals surface area contributed by atoms with Crippen molar-refractivity contribution in [3.63, 3.8) is 0 Å². The van der Waals surface area contributed by atoms with Crippen molar-refractivity contribution < 1.29 is 13.9 Å². The minimum absolute atomic E-state index is 0.172. The van der Waals surface area contributed by atoms with Crippen LogP contribution in [0.1, 0.15) is 11.3 Å². The molecule has 0 bridgehead atoms. The molecule has 8 nitrogen and oxygen atoms in total. The molecule has 4 aromatic heterocycles. The number of rotatable bonds is 3.